The molecule has 0 heterocycles. The number of carbonyl (C=O) groups excluding carboxylic acids is 5. The van der Waals surface area contributed by atoms with Crippen LogP contribution in [-0.4, -0.2) is 99.1 Å². The van der Waals surface area contributed by atoms with E-state index in [1.54, 1.807) is 13.8 Å². The summed E-state index contributed by atoms with van der Waals surface area (Å²) in [6.07, 6.45) is -1.07. The van der Waals surface area contributed by atoms with Crippen LogP contribution in [0.25, 0.3) is 0 Å². The molecule has 0 spiro atoms. The van der Waals surface area contributed by atoms with Gasteiger partial charge in [0.1, 0.15) is 24.2 Å². The Morgan fingerprint density at radius 3 is 1.69 bits per heavy atom. The quantitative estimate of drug-likeness (QED) is 0.0691. The van der Waals surface area contributed by atoms with Gasteiger partial charge < -0.3 is 47.6 Å². The molecule has 0 saturated heterocycles. The van der Waals surface area contributed by atoms with Gasteiger partial charge in [0.15, 0.2) is 0 Å². The van der Waals surface area contributed by atoms with Crippen molar-refractivity contribution in [2.45, 2.75) is 143 Å². The summed E-state index contributed by atoms with van der Waals surface area (Å²) in [5, 5.41) is 41.9. The van der Waals surface area contributed by atoms with E-state index >= 15 is 0 Å². The molecule has 0 aromatic rings. The number of carbonyl (C=O) groups is 7. The highest BCUT2D eigenvalue weighted by molar-refractivity contribution is 5.93. The van der Waals surface area contributed by atoms with Crippen molar-refractivity contribution in [3.8, 4) is 0 Å². The lowest BCUT2D eigenvalue weighted by Crippen LogP contribution is -2.58. The number of rotatable bonds is 23. The Kier molecular flexibility index (Phi) is 20.2. The van der Waals surface area contributed by atoms with Crippen LogP contribution in [-0.2, 0) is 33.6 Å². The summed E-state index contributed by atoms with van der Waals surface area (Å²) in [5.41, 5.74) is 5.82. The topological polar surface area (TPSA) is 266 Å². The van der Waals surface area contributed by atoms with E-state index in [0.29, 0.717) is 6.42 Å². The molecule has 0 radical (unpaired) electrons. The number of hydrogen-bond acceptors (Lipinski definition) is 9. The zero-order valence-corrected chi connectivity index (χ0v) is 29.5. The number of amides is 5. The number of nitrogens with one attached hydrogen (secondary N) is 5. The minimum absolute atomic E-state index is 0.0186. The zero-order chi connectivity index (χ0) is 37.3. The van der Waals surface area contributed by atoms with Crippen molar-refractivity contribution in [3.05, 3.63) is 0 Å². The molecule has 0 saturated carbocycles. The van der Waals surface area contributed by atoms with Crippen molar-refractivity contribution in [2.24, 2.45) is 23.5 Å². The molecule has 0 bridgehead atoms. The third-order valence-electron chi connectivity index (χ3n) is 7.46. The lowest BCUT2D eigenvalue weighted by molar-refractivity contribution is -0.142. The van der Waals surface area contributed by atoms with Gasteiger partial charge in [-0.15, -0.1) is 0 Å². The summed E-state index contributed by atoms with van der Waals surface area (Å²) in [4.78, 5) is 87.0. The molecule has 48 heavy (non-hydrogen) atoms. The second-order valence-electron chi connectivity index (χ2n) is 13.5. The molecule has 0 aliphatic heterocycles. The van der Waals surface area contributed by atoms with E-state index in [0.717, 1.165) is 0 Å². The highest BCUT2D eigenvalue weighted by Gasteiger charge is 2.33. The van der Waals surface area contributed by atoms with E-state index in [1.165, 1.54) is 6.92 Å². The van der Waals surface area contributed by atoms with Crippen LogP contribution in [0.2, 0.25) is 0 Å². The molecule has 5 amide bonds. The largest absolute Gasteiger partial charge is 0.481 e. The maximum atomic E-state index is 13.5. The molecule has 7 atom stereocenters. The van der Waals surface area contributed by atoms with Crippen LogP contribution in [0.15, 0.2) is 0 Å². The van der Waals surface area contributed by atoms with Gasteiger partial charge in [0.25, 0.3) is 0 Å². The van der Waals surface area contributed by atoms with Crippen LogP contribution in [0.3, 0.4) is 0 Å². The van der Waals surface area contributed by atoms with E-state index < -0.39 is 96.2 Å². The Balaban J connectivity index is 5.76. The summed E-state index contributed by atoms with van der Waals surface area (Å²) in [6.45, 7) is 13.8. The molecular weight excluding hydrogens is 628 g/mol. The third kappa shape index (κ3) is 17.4. The first-order valence-corrected chi connectivity index (χ1v) is 16.6. The number of carboxylic acid groups (broad SMARTS) is 2. The van der Waals surface area contributed by atoms with Crippen molar-refractivity contribution in [3.63, 3.8) is 0 Å². The normalized spacial score (nSPS) is 15.8. The molecule has 0 aromatic carbocycles. The van der Waals surface area contributed by atoms with Gasteiger partial charge in [0, 0.05) is 6.42 Å². The Hall–Kier alpha value is -3.79. The van der Waals surface area contributed by atoms with Gasteiger partial charge in [-0.3, -0.25) is 33.6 Å². The molecule has 0 aromatic heterocycles. The molecule has 0 rings (SSSR count). The highest BCUT2D eigenvalue weighted by Crippen LogP contribution is 2.14. The van der Waals surface area contributed by atoms with Gasteiger partial charge in [-0.2, -0.15) is 0 Å². The molecule has 16 heteroatoms. The van der Waals surface area contributed by atoms with Crippen LogP contribution in [0.1, 0.15) is 100 Å². The monoisotopic (exact) mass is 686 g/mol. The van der Waals surface area contributed by atoms with Crippen LogP contribution in [0, 0.1) is 17.8 Å². The second-order valence-corrected chi connectivity index (χ2v) is 13.5. The number of carboxylic acids is 2. The first kappa shape index (κ1) is 44.2. The van der Waals surface area contributed by atoms with Crippen LogP contribution in [0.5, 0.6) is 0 Å². The summed E-state index contributed by atoms with van der Waals surface area (Å²) in [7, 11) is 0. The fraction of sp³-hybridized carbons (Fsp3) is 0.781. The Morgan fingerprint density at radius 2 is 1.21 bits per heavy atom. The van der Waals surface area contributed by atoms with Crippen molar-refractivity contribution < 1.29 is 48.9 Å². The smallest absolute Gasteiger partial charge is 0.325 e. The first-order valence-electron chi connectivity index (χ1n) is 16.6. The van der Waals surface area contributed by atoms with E-state index in [4.69, 9.17) is 15.9 Å². The predicted octanol–water partition coefficient (Wildman–Crippen LogP) is 0.00630. The van der Waals surface area contributed by atoms with Crippen molar-refractivity contribution in [1.29, 1.82) is 0 Å². The zero-order valence-electron chi connectivity index (χ0n) is 29.5. The highest BCUT2D eigenvalue weighted by atomic mass is 16.4. The molecule has 0 aliphatic carbocycles. The summed E-state index contributed by atoms with van der Waals surface area (Å²) in [6, 6.07) is -6.40. The van der Waals surface area contributed by atoms with Gasteiger partial charge >= 0.3 is 11.9 Å². The minimum Gasteiger partial charge on any atom is -0.481 e. The Morgan fingerprint density at radius 1 is 0.667 bits per heavy atom. The van der Waals surface area contributed by atoms with E-state index in [9.17, 15) is 38.7 Å². The fourth-order valence-corrected chi connectivity index (χ4v) is 4.79. The fourth-order valence-electron chi connectivity index (χ4n) is 4.79. The maximum Gasteiger partial charge on any atom is 0.325 e. The number of hydrogen-bond donors (Lipinski definition) is 9. The van der Waals surface area contributed by atoms with Gasteiger partial charge in [0.05, 0.1) is 24.6 Å². The van der Waals surface area contributed by atoms with Crippen molar-refractivity contribution in [1.82, 2.24) is 26.6 Å². The van der Waals surface area contributed by atoms with Gasteiger partial charge in [-0.1, -0.05) is 54.9 Å². The average molecular weight is 687 g/mol. The van der Waals surface area contributed by atoms with Crippen LogP contribution >= 0.6 is 0 Å². The number of aliphatic hydroxyl groups is 1. The van der Waals surface area contributed by atoms with Crippen LogP contribution < -0.4 is 32.3 Å². The van der Waals surface area contributed by atoms with Crippen molar-refractivity contribution >= 4 is 41.5 Å². The summed E-state index contributed by atoms with van der Waals surface area (Å²) < 4.78 is 0. The molecule has 0 aliphatic rings. The standard InChI is InChI=1S/C32H58N6O10/c1-9-10-21(35-30(45)23(14-17(4)5)37-28(43)20(33)11-12-26(41)42)29(44)36-22(13-16(2)3)24(39)15-25(40)38-27(18(6)7)31(46)34-19(8)32(47)48/h16-24,27,39H,9-15,33H2,1-8H3,(H,34,46)(H,35,45)(H,36,44)(H,37,43)(H,38,40)(H,41,42)(H,47,48)/t19-,20?,21?,22-,23-,24?,27?/m0/s1. The van der Waals surface area contributed by atoms with E-state index in [-0.39, 0.29) is 43.9 Å². The molecular formula is C32H58N6O10. The van der Waals surface area contributed by atoms with Gasteiger partial charge in [0.2, 0.25) is 29.5 Å². The molecule has 276 valence electrons. The number of aliphatic hydroxyl groups excluding tert-OH is 1. The average Bonchev–Trinajstić information content (AvgIpc) is 2.96. The maximum absolute atomic E-state index is 13.5. The summed E-state index contributed by atoms with van der Waals surface area (Å²) >= 11 is 0. The number of aliphatic carboxylic acids is 2. The van der Waals surface area contributed by atoms with Gasteiger partial charge in [-0.25, -0.2) is 0 Å². The molecule has 10 N–H and O–H groups in total. The predicted molar refractivity (Wildman–Crippen MR) is 177 cm³/mol. The molecule has 4 unspecified atom stereocenters. The Labute approximate surface area is 283 Å². The minimum atomic E-state index is -1.37. The lowest BCUT2D eigenvalue weighted by atomic mass is 9.95. The van der Waals surface area contributed by atoms with Gasteiger partial charge in [-0.05, 0) is 50.4 Å². The molecule has 16 nitrogen and oxygen atoms in total. The van der Waals surface area contributed by atoms with E-state index in [2.05, 4.69) is 26.6 Å². The second kappa shape index (κ2) is 22.0. The molecule has 0 fully saturated rings. The Bertz CT molecular complexity index is 1100. The van der Waals surface area contributed by atoms with Crippen molar-refractivity contribution in [2.75, 3.05) is 0 Å². The lowest BCUT2D eigenvalue weighted by Gasteiger charge is -2.29. The SMILES string of the molecule is CCCC(NC(=O)[C@H](CC(C)C)NC(=O)C(N)CCC(=O)O)C(=O)N[C@@H](CC(C)C)C(O)CC(=O)NC(C(=O)N[C@@H](C)C(=O)O)C(C)C. The van der Waals surface area contributed by atoms with Crippen LogP contribution in [0.4, 0.5) is 0 Å². The third-order valence-corrected chi connectivity index (χ3v) is 7.46. The van der Waals surface area contributed by atoms with E-state index in [1.807, 2.05) is 34.6 Å². The summed E-state index contributed by atoms with van der Waals surface area (Å²) in [5.74, 6) is -6.12. The number of nitrogens with two attached hydrogens (primary N) is 1. The first-order chi connectivity index (χ1) is 22.2.